The maximum absolute atomic E-state index is 12.9. The van der Waals surface area contributed by atoms with E-state index in [1.165, 1.54) is 69.9 Å². The fourth-order valence-corrected chi connectivity index (χ4v) is 3.18. The third-order valence-corrected chi connectivity index (χ3v) is 4.98. The standard InChI is InChI=1S/C24H22N4O8/c1-34-19-12-15(13-20(35-2)21(19)36-3)22(29)25-18-7-5-4-6-17(18)24(31)27-26-23(30)14-8-10-16(11-9-14)28(32)33/h4-13H,1-3H3,(H,25,29)(H,26,30)(H,27,31). The van der Waals surface area contributed by atoms with Crippen molar-refractivity contribution in [2.45, 2.75) is 0 Å². The number of ether oxygens (including phenoxy) is 3. The minimum Gasteiger partial charge on any atom is -0.493 e. The first-order chi connectivity index (χ1) is 17.3. The van der Waals surface area contributed by atoms with Crippen molar-refractivity contribution in [1.82, 2.24) is 10.9 Å². The summed E-state index contributed by atoms with van der Waals surface area (Å²) in [5, 5.41) is 13.4. The molecule has 3 amide bonds. The molecule has 0 unspecified atom stereocenters. The van der Waals surface area contributed by atoms with Crippen LogP contribution in [0.1, 0.15) is 31.1 Å². The van der Waals surface area contributed by atoms with Crippen molar-refractivity contribution < 1.29 is 33.5 Å². The first-order valence-electron chi connectivity index (χ1n) is 10.3. The van der Waals surface area contributed by atoms with Crippen LogP contribution in [0.4, 0.5) is 11.4 Å². The van der Waals surface area contributed by atoms with E-state index in [0.29, 0.717) is 5.75 Å². The van der Waals surface area contributed by atoms with E-state index in [0.717, 1.165) is 0 Å². The molecule has 3 N–H and O–H groups in total. The summed E-state index contributed by atoms with van der Waals surface area (Å²) < 4.78 is 15.8. The summed E-state index contributed by atoms with van der Waals surface area (Å²) in [4.78, 5) is 48.1. The number of nitro groups is 1. The van der Waals surface area contributed by atoms with Gasteiger partial charge in [-0.25, -0.2) is 0 Å². The highest BCUT2D eigenvalue weighted by molar-refractivity contribution is 6.10. The number of hydrogen-bond acceptors (Lipinski definition) is 8. The van der Waals surface area contributed by atoms with Crippen molar-refractivity contribution in [2.24, 2.45) is 0 Å². The molecule has 0 radical (unpaired) electrons. The maximum atomic E-state index is 12.9. The van der Waals surface area contributed by atoms with Crippen LogP contribution in [-0.4, -0.2) is 44.0 Å². The first kappa shape index (κ1) is 25.5. The van der Waals surface area contributed by atoms with Crippen molar-refractivity contribution in [1.29, 1.82) is 0 Å². The highest BCUT2D eigenvalue weighted by Crippen LogP contribution is 2.38. The Kier molecular flexibility index (Phi) is 8.02. The molecular formula is C24H22N4O8. The fourth-order valence-electron chi connectivity index (χ4n) is 3.18. The molecule has 12 nitrogen and oxygen atoms in total. The Morgan fingerprint density at radius 2 is 1.33 bits per heavy atom. The van der Waals surface area contributed by atoms with Crippen molar-refractivity contribution in [3.63, 3.8) is 0 Å². The van der Waals surface area contributed by atoms with E-state index in [9.17, 15) is 24.5 Å². The number of anilines is 1. The average molecular weight is 494 g/mol. The van der Waals surface area contributed by atoms with E-state index in [2.05, 4.69) is 16.2 Å². The zero-order valence-corrected chi connectivity index (χ0v) is 19.5. The lowest BCUT2D eigenvalue weighted by Crippen LogP contribution is -2.41. The van der Waals surface area contributed by atoms with Crippen LogP contribution in [0.25, 0.3) is 0 Å². The van der Waals surface area contributed by atoms with Gasteiger partial charge in [0.2, 0.25) is 5.75 Å². The Hall–Kier alpha value is -5.13. The monoisotopic (exact) mass is 494 g/mol. The molecule has 0 aromatic heterocycles. The maximum Gasteiger partial charge on any atom is 0.271 e. The lowest BCUT2D eigenvalue weighted by Gasteiger charge is -2.15. The number of nitro benzene ring substituents is 1. The molecule has 0 spiro atoms. The van der Waals surface area contributed by atoms with Crippen LogP contribution in [0.15, 0.2) is 60.7 Å². The lowest BCUT2D eigenvalue weighted by molar-refractivity contribution is -0.384. The third kappa shape index (κ3) is 5.67. The molecule has 0 saturated heterocycles. The highest BCUT2D eigenvalue weighted by atomic mass is 16.6. The molecule has 0 aliphatic heterocycles. The number of nitrogens with zero attached hydrogens (tertiary/aromatic N) is 1. The van der Waals surface area contributed by atoms with Gasteiger partial charge in [0.15, 0.2) is 11.5 Å². The number of hydrogen-bond donors (Lipinski definition) is 3. The number of benzene rings is 3. The Morgan fingerprint density at radius 1 is 0.750 bits per heavy atom. The van der Waals surface area contributed by atoms with Gasteiger partial charge in [-0.2, -0.15) is 0 Å². The van der Waals surface area contributed by atoms with Gasteiger partial charge in [0.1, 0.15) is 0 Å². The molecule has 0 aliphatic rings. The molecule has 3 rings (SSSR count). The Balaban J connectivity index is 1.74. The third-order valence-electron chi connectivity index (χ3n) is 4.98. The summed E-state index contributed by atoms with van der Waals surface area (Å²) in [5.74, 6) is -1.06. The molecule has 3 aromatic rings. The van der Waals surface area contributed by atoms with Gasteiger partial charge < -0.3 is 19.5 Å². The van der Waals surface area contributed by atoms with E-state index in [1.54, 1.807) is 12.1 Å². The molecule has 12 heteroatoms. The smallest absolute Gasteiger partial charge is 0.271 e. The number of non-ortho nitro benzene ring substituents is 1. The summed E-state index contributed by atoms with van der Waals surface area (Å²) in [6.45, 7) is 0. The van der Waals surface area contributed by atoms with Crippen LogP contribution >= 0.6 is 0 Å². The summed E-state index contributed by atoms with van der Waals surface area (Å²) in [6.07, 6.45) is 0. The van der Waals surface area contributed by atoms with Crippen molar-refractivity contribution in [3.05, 3.63) is 87.5 Å². The van der Waals surface area contributed by atoms with Crippen molar-refractivity contribution in [3.8, 4) is 17.2 Å². The quantitative estimate of drug-likeness (QED) is 0.318. The van der Waals surface area contributed by atoms with Gasteiger partial charge in [0.25, 0.3) is 23.4 Å². The van der Waals surface area contributed by atoms with E-state index in [1.807, 2.05) is 0 Å². The second-order valence-electron chi connectivity index (χ2n) is 7.13. The van der Waals surface area contributed by atoms with Crippen LogP contribution in [0.2, 0.25) is 0 Å². The van der Waals surface area contributed by atoms with Crippen LogP contribution in [-0.2, 0) is 0 Å². The molecule has 3 aromatic carbocycles. The Morgan fingerprint density at radius 3 is 1.89 bits per heavy atom. The molecule has 0 aliphatic carbocycles. The Bertz CT molecular complexity index is 1280. The number of carbonyl (C=O) groups excluding carboxylic acids is 3. The molecular weight excluding hydrogens is 472 g/mol. The molecule has 0 atom stereocenters. The van der Waals surface area contributed by atoms with E-state index in [-0.39, 0.29) is 39.6 Å². The van der Waals surface area contributed by atoms with E-state index < -0.39 is 22.6 Å². The zero-order valence-electron chi connectivity index (χ0n) is 19.5. The average Bonchev–Trinajstić information content (AvgIpc) is 2.90. The van der Waals surface area contributed by atoms with Gasteiger partial charge in [-0.05, 0) is 36.4 Å². The molecule has 186 valence electrons. The predicted molar refractivity (Wildman–Crippen MR) is 129 cm³/mol. The number of para-hydroxylation sites is 1. The first-order valence-corrected chi connectivity index (χ1v) is 10.3. The number of methoxy groups -OCH3 is 3. The van der Waals surface area contributed by atoms with Crippen LogP contribution < -0.4 is 30.4 Å². The normalized spacial score (nSPS) is 10.1. The molecule has 0 fully saturated rings. The van der Waals surface area contributed by atoms with Gasteiger partial charge in [-0.1, -0.05) is 12.1 Å². The highest BCUT2D eigenvalue weighted by Gasteiger charge is 2.19. The number of carbonyl (C=O) groups is 3. The zero-order chi connectivity index (χ0) is 26.2. The van der Waals surface area contributed by atoms with Crippen LogP contribution in [0, 0.1) is 10.1 Å². The summed E-state index contributed by atoms with van der Waals surface area (Å²) >= 11 is 0. The van der Waals surface area contributed by atoms with E-state index in [4.69, 9.17) is 14.2 Å². The topological polar surface area (TPSA) is 158 Å². The number of amides is 3. The number of hydrazine groups is 1. The van der Waals surface area contributed by atoms with Gasteiger partial charge in [0.05, 0.1) is 37.5 Å². The molecule has 0 saturated carbocycles. The SMILES string of the molecule is COc1cc(C(=O)Nc2ccccc2C(=O)NNC(=O)c2ccc([N+](=O)[O-])cc2)cc(OC)c1OC. The second-order valence-corrected chi connectivity index (χ2v) is 7.13. The minimum atomic E-state index is -0.703. The van der Waals surface area contributed by atoms with Gasteiger partial charge >= 0.3 is 0 Å². The van der Waals surface area contributed by atoms with Crippen LogP contribution in [0.5, 0.6) is 17.2 Å². The lowest BCUT2D eigenvalue weighted by atomic mass is 10.1. The second kappa shape index (κ2) is 11.3. The largest absolute Gasteiger partial charge is 0.493 e. The summed E-state index contributed by atoms with van der Waals surface area (Å²) in [7, 11) is 4.28. The Labute approximate surface area is 205 Å². The van der Waals surface area contributed by atoms with Gasteiger partial charge in [-0.15, -0.1) is 0 Å². The minimum absolute atomic E-state index is 0.0716. The van der Waals surface area contributed by atoms with Gasteiger partial charge in [0, 0.05) is 23.3 Å². The number of nitrogens with one attached hydrogen (secondary N) is 3. The number of rotatable bonds is 8. The molecule has 36 heavy (non-hydrogen) atoms. The summed E-state index contributed by atoms with van der Waals surface area (Å²) in [5.41, 5.74) is 4.86. The van der Waals surface area contributed by atoms with Crippen molar-refractivity contribution >= 4 is 29.1 Å². The molecule has 0 bridgehead atoms. The summed E-state index contributed by atoms with van der Waals surface area (Å²) in [6, 6.07) is 14.0. The van der Waals surface area contributed by atoms with Gasteiger partial charge in [-0.3, -0.25) is 35.3 Å². The van der Waals surface area contributed by atoms with E-state index >= 15 is 0 Å². The fraction of sp³-hybridized carbons (Fsp3) is 0.125. The molecule has 0 heterocycles. The van der Waals surface area contributed by atoms with Crippen molar-refractivity contribution in [2.75, 3.05) is 26.6 Å². The van der Waals surface area contributed by atoms with Crippen LogP contribution in [0.3, 0.4) is 0 Å². The predicted octanol–water partition coefficient (Wildman–Crippen LogP) is 2.95.